The molecule has 0 aliphatic carbocycles. The van der Waals surface area contributed by atoms with E-state index in [1.165, 1.54) is 12.3 Å². The zero-order chi connectivity index (χ0) is 18.9. The largest absolute Gasteiger partial charge is 0.350 e. The van der Waals surface area contributed by atoms with Crippen LogP contribution in [0.25, 0.3) is 10.9 Å². The monoisotopic (exact) mass is 377 g/mol. The van der Waals surface area contributed by atoms with Crippen LogP contribution in [0, 0.1) is 0 Å². The van der Waals surface area contributed by atoms with E-state index in [0.717, 1.165) is 22.0 Å². The third-order valence-electron chi connectivity index (χ3n) is 4.56. The number of hydrogen-bond acceptors (Lipinski definition) is 3. The number of pyridine rings is 1. The average molecular weight is 377 g/mol. The maximum Gasteiger partial charge on any atom is 0.258 e. The van der Waals surface area contributed by atoms with Crippen molar-refractivity contribution in [1.29, 1.82) is 0 Å². The molecule has 0 aliphatic heterocycles. The summed E-state index contributed by atoms with van der Waals surface area (Å²) in [5, 5.41) is 1.02. The summed E-state index contributed by atoms with van der Waals surface area (Å²) in [6.45, 7) is 0. The van der Waals surface area contributed by atoms with Gasteiger partial charge < -0.3 is 4.57 Å². The highest BCUT2D eigenvalue weighted by atomic mass is 32.2. The lowest BCUT2D eigenvalue weighted by Crippen LogP contribution is -2.30. The van der Waals surface area contributed by atoms with Crippen LogP contribution in [0.15, 0.2) is 90.2 Å². The normalized spacial score (nSPS) is 12.9. The second-order valence-corrected chi connectivity index (χ2v) is 8.01. The van der Waals surface area contributed by atoms with Crippen LogP contribution in [-0.4, -0.2) is 18.0 Å². The number of aromatic nitrogens is 2. The summed E-state index contributed by atoms with van der Waals surface area (Å²) >= 11 is 0. The third kappa shape index (κ3) is 3.37. The van der Waals surface area contributed by atoms with Crippen LogP contribution in [0.1, 0.15) is 17.2 Å². The summed E-state index contributed by atoms with van der Waals surface area (Å²) in [4.78, 5) is 4.00. The van der Waals surface area contributed by atoms with Gasteiger partial charge in [-0.3, -0.25) is 0 Å². The highest BCUT2D eigenvalue weighted by Crippen LogP contribution is 2.31. The minimum Gasteiger partial charge on any atom is -0.350 e. The van der Waals surface area contributed by atoms with Crippen molar-refractivity contribution < 1.29 is 8.42 Å². The highest BCUT2D eigenvalue weighted by Gasteiger charge is 2.26. The quantitative estimate of drug-likeness (QED) is 0.577. The Morgan fingerprint density at radius 2 is 1.63 bits per heavy atom. The van der Waals surface area contributed by atoms with Gasteiger partial charge in [0.1, 0.15) is 0 Å². The molecule has 0 saturated heterocycles. The Morgan fingerprint density at radius 3 is 2.37 bits per heavy atom. The van der Waals surface area contributed by atoms with E-state index in [1.807, 2.05) is 72.4 Å². The average Bonchev–Trinajstić information content (AvgIpc) is 3.04. The highest BCUT2D eigenvalue weighted by molar-refractivity contribution is 7.89. The molecular formula is C21H19N3O2S. The minimum absolute atomic E-state index is 0.00571. The van der Waals surface area contributed by atoms with Gasteiger partial charge in [0.15, 0.2) is 5.03 Å². The number of sulfonamides is 1. The lowest BCUT2D eigenvalue weighted by Gasteiger charge is -2.19. The molecule has 0 saturated carbocycles. The van der Waals surface area contributed by atoms with E-state index in [1.54, 1.807) is 12.1 Å². The van der Waals surface area contributed by atoms with Crippen molar-refractivity contribution >= 4 is 20.9 Å². The summed E-state index contributed by atoms with van der Waals surface area (Å²) in [6, 6.07) is 21.9. The summed E-state index contributed by atoms with van der Waals surface area (Å²) in [5.74, 6) is 0. The Labute approximate surface area is 158 Å². The number of hydrogen-bond donors (Lipinski definition) is 1. The predicted molar refractivity (Wildman–Crippen MR) is 106 cm³/mol. The Balaban J connectivity index is 1.86. The number of fused-ring (bicyclic) bond motifs is 1. The van der Waals surface area contributed by atoms with E-state index >= 15 is 0 Å². The molecule has 2 aromatic heterocycles. The van der Waals surface area contributed by atoms with E-state index in [0.29, 0.717) is 0 Å². The van der Waals surface area contributed by atoms with Crippen molar-refractivity contribution in [2.75, 3.05) is 0 Å². The minimum atomic E-state index is -3.79. The van der Waals surface area contributed by atoms with Gasteiger partial charge in [0, 0.05) is 35.9 Å². The zero-order valence-corrected chi connectivity index (χ0v) is 15.6. The molecular weight excluding hydrogens is 358 g/mol. The van der Waals surface area contributed by atoms with Crippen molar-refractivity contribution in [2.24, 2.45) is 7.05 Å². The molecule has 1 atom stereocenters. The zero-order valence-electron chi connectivity index (χ0n) is 14.8. The first kappa shape index (κ1) is 17.5. The lowest BCUT2D eigenvalue weighted by atomic mass is 9.99. The smallest absolute Gasteiger partial charge is 0.258 e. The van der Waals surface area contributed by atoms with Crippen LogP contribution < -0.4 is 4.72 Å². The molecule has 0 aliphatic rings. The van der Waals surface area contributed by atoms with Gasteiger partial charge in [-0.15, -0.1) is 0 Å². The SMILES string of the molecule is Cn1cc(C(NS(=O)(=O)c2ccccn2)c2ccccc2)c2ccccc21. The van der Waals surface area contributed by atoms with Gasteiger partial charge in [-0.25, -0.2) is 13.4 Å². The van der Waals surface area contributed by atoms with Gasteiger partial charge in [0.05, 0.1) is 6.04 Å². The van der Waals surface area contributed by atoms with Crippen LogP contribution in [0.3, 0.4) is 0 Å². The number of benzene rings is 2. The van der Waals surface area contributed by atoms with Gasteiger partial charge in [0.2, 0.25) is 0 Å². The summed E-state index contributed by atoms with van der Waals surface area (Å²) < 4.78 is 30.8. The van der Waals surface area contributed by atoms with Crippen molar-refractivity contribution in [2.45, 2.75) is 11.1 Å². The van der Waals surface area contributed by atoms with E-state index in [2.05, 4.69) is 9.71 Å². The standard InChI is InChI=1S/C21H19N3O2S/c1-24-15-18(17-11-5-6-12-19(17)24)21(16-9-3-2-4-10-16)23-27(25,26)20-13-7-8-14-22-20/h2-15,21,23H,1H3. The summed E-state index contributed by atoms with van der Waals surface area (Å²) in [6.07, 6.45) is 3.45. The van der Waals surface area contributed by atoms with Crippen molar-refractivity contribution in [3.05, 3.63) is 96.3 Å². The van der Waals surface area contributed by atoms with E-state index in [9.17, 15) is 8.42 Å². The van der Waals surface area contributed by atoms with Crippen molar-refractivity contribution in [3.63, 3.8) is 0 Å². The molecule has 6 heteroatoms. The molecule has 1 unspecified atom stereocenters. The summed E-state index contributed by atoms with van der Waals surface area (Å²) in [7, 11) is -1.83. The molecule has 0 radical (unpaired) electrons. The Hall–Kier alpha value is -2.96. The van der Waals surface area contributed by atoms with Crippen LogP contribution in [0.4, 0.5) is 0 Å². The Morgan fingerprint density at radius 1 is 0.926 bits per heavy atom. The molecule has 2 heterocycles. The van der Waals surface area contributed by atoms with Crippen LogP contribution in [-0.2, 0) is 17.1 Å². The number of rotatable bonds is 5. The van der Waals surface area contributed by atoms with E-state index in [4.69, 9.17) is 0 Å². The number of para-hydroxylation sites is 1. The Kier molecular flexibility index (Phi) is 4.51. The van der Waals surface area contributed by atoms with Gasteiger partial charge in [-0.2, -0.15) is 4.72 Å². The van der Waals surface area contributed by atoms with Crippen LogP contribution >= 0.6 is 0 Å². The maximum atomic E-state index is 13.0. The van der Waals surface area contributed by atoms with Gasteiger partial charge in [-0.05, 0) is 23.8 Å². The second-order valence-electron chi connectivity index (χ2n) is 6.35. The first-order valence-electron chi connectivity index (χ1n) is 8.58. The molecule has 0 bridgehead atoms. The topological polar surface area (TPSA) is 64.0 Å². The first-order chi connectivity index (χ1) is 13.1. The fourth-order valence-corrected chi connectivity index (χ4v) is 4.43. The first-order valence-corrected chi connectivity index (χ1v) is 10.1. The maximum absolute atomic E-state index is 13.0. The number of aryl methyl sites for hydroxylation is 1. The fraction of sp³-hybridized carbons (Fsp3) is 0.0952. The molecule has 4 aromatic rings. The molecule has 4 rings (SSSR count). The molecule has 1 N–H and O–H groups in total. The van der Waals surface area contributed by atoms with Crippen LogP contribution in [0.2, 0.25) is 0 Å². The predicted octanol–water partition coefficient (Wildman–Crippen LogP) is 3.64. The van der Waals surface area contributed by atoms with E-state index < -0.39 is 16.1 Å². The molecule has 0 spiro atoms. The fourth-order valence-electron chi connectivity index (χ4n) is 3.28. The molecule has 5 nitrogen and oxygen atoms in total. The lowest BCUT2D eigenvalue weighted by molar-refractivity contribution is 0.568. The third-order valence-corrected chi connectivity index (χ3v) is 5.90. The second kappa shape index (κ2) is 6.98. The molecule has 0 fully saturated rings. The molecule has 0 amide bonds. The van der Waals surface area contributed by atoms with Gasteiger partial charge in [-0.1, -0.05) is 54.6 Å². The number of nitrogens with one attached hydrogen (secondary N) is 1. The van der Waals surface area contributed by atoms with Crippen molar-refractivity contribution in [3.8, 4) is 0 Å². The van der Waals surface area contributed by atoms with Gasteiger partial charge >= 0.3 is 0 Å². The van der Waals surface area contributed by atoms with Crippen molar-refractivity contribution in [1.82, 2.24) is 14.3 Å². The molecule has 136 valence electrons. The summed E-state index contributed by atoms with van der Waals surface area (Å²) in [5.41, 5.74) is 2.82. The van der Waals surface area contributed by atoms with E-state index in [-0.39, 0.29) is 5.03 Å². The van der Waals surface area contributed by atoms with Gasteiger partial charge in [0.25, 0.3) is 10.0 Å². The Bertz CT molecular complexity index is 1170. The molecule has 2 aromatic carbocycles. The molecule has 27 heavy (non-hydrogen) atoms. The van der Waals surface area contributed by atoms with Crippen LogP contribution in [0.5, 0.6) is 0 Å². The number of nitrogens with zero attached hydrogens (tertiary/aromatic N) is 2.